The zero-order chi connectivity index (χ0) is 15.1. The van der Waals surface area contributed by atoms with Crippen LogP contribution in [0.1, 0.15) is 10.4 Å². The molecule has 0 bridgehead atoms. The van der Waals surface area contributed by atoms with E-state index in [1.165, 1.54) is 0 Å². The lowest BCUT2D eigenvalue weighted by Gasteiger charge is -2.18. The summed E-state index contributed by atoms with van der Waals surface area (Å²) in [5, 5.41) is 1.41. The molecule has 4 nitrogen and oxygen atoms in total. The standard InChI is InChI=1S/C17H12ClNO3/c18-11-2-3-14-12(8-11)13(9-20)17(19-14)10-1-4-15-16(7-10)22-6-5-21-15/h1-4,7-9,19H,5-6H2. The van der Waals surface area contributed by atoms with Gasteiger partial charge in [-0.15, -0.1) is 0 Å². The Morgan fingerprint density at radius 2 is 1.86 bits per heavy atom. The lowest BCUT2D eigenvalue weighted by atomic mass is 10.1. The van der Waals surface area contributed by atoms with Crippen LogP contribution in [-0.2, 0) is 0 Å². The van der Waals surface area contributed by atoms with Gasteiger partial charge in [-0.2, -0.15) is 0 Å². The van der Waals surface area contributed by atoms with Crippen LogP contribution in [0.5, 0.6) is 11.5 Å². The first-order valence-electron chi connectivity index (χ1n) is 6.93. The highest BCUT2D eigenvalue weighted by Crippen LogP contribution is 2.37. The fourth-order valence-electron chi connectivity index (χ4n) is 2.73. The number of carbonyl (C=O) groups excluding carboxylic acids is 1. The smallest absolute Gasteiger partial charge is 0.162 e. The molecule has 1 aliphatic rings. The van der Waals surface area contributed by atoms with Gasteiger partial charge in [-0.1, -0.05) is 11.6 Å². The van der Waals surface area contributed by atoms with Crippen LogP contribution in [0.4, 0.5) is 0 Å². The van der Waals surface area contributed by atoms with E-state index in [0.717, 1.165) is 34.2 Å². The molecule has 110 valence electrons. The second-order valence-electron chi connectivity index (χ2n) is 5.08. The molecule has 0 saturated heterocycles. The van der Waals surface area contributed by atoms with Crippen molar-refractivity contribution in [2.24, 2.45) is 0 Å². The molecule has 4 rings (SSSR count). The number of aromatic amines is 1. The van der Waals surface area contributed by atoms with Crippen LogP contribution in [0.3, 0.4) is 0 Å². The third kappa shape index (κ3) is 2.04. The van der Waals surface area contributed by atoms with Crippen LogP contribution >= 0.6 is 11.6 Å². The first-order chi connectivity index (χ1) is 10.8. The van der Waals surface area contributed by atoms with Crippen molar-refractivity contribution in [1.82, 2.24) is 4.98 Å². The Kier molecular flexibility index (Phi) is 3.05. The lowest BCUT2D eigenvalue weighted by molar-refractivity contribution is 0.112. The number of ether oxygens (including phenoxy) is 2. The predicted octanol–water partition coefficient (Wildman–Crippen LogP) is 4.07. The van der Waals surface area contributed by atoms with Crippen molar-refractivity contribution in [2.75, 3.05) is 13.2 Å². The van der Waals surface area contributed by atoms with E-state index in [-0.39, 0.29) is 0 Å². The highest BCUT2D eigenvalue weighted by Gasteiger charge is 2.17. The van der Waals surface area contributed by atoms with Gasteiger partial charge in [0.05, 0.1) is 5.69 Å². The average molecular weight is 314 g/mol. The zero-order valence-corrected chi connectivity index (χ0v) is 12.3. The van der Waals surface area contributed by atoms with Crippen molar-refractivity contribution in [3.05, 3.63) is 47.0 Å². The molecular formula is C17H12ClNO3. The summed E-state index contributed by atoms with van der Waals surface area (Å²) in [5.74, 6) is 1.42. The third-order valence-corrected chi connectivity index (χ3v) is 3.98. The Bertz CT molecular complexity index is 885. The van der Waals surface area contributed by atoms with Crippen molar-refractivity contribution in [1.29, 1.82) is 0 Å². The minimum atomic E-state index is 0.527. The quantitative estimate of drug-likeness (QED) is 0.725. The monoisotopic (exact) mass is 313 g/mol. The molecule has 0 atom stereocenters. The number of H-pyrrole nitrogens is 1. The van der Waals surface area contributed by atoms with E-state index in [0.29, 0.717) is 29.5 Å². The second-order valence-corrected chi connectivity index (χ2v) is 5.52. The predicted molar refractivity (Wildman–Crippen MR) is 85.1 cm³/mol. The number of rotatable bonds is 2. The number of nitrogens with one attached hydrogen (secondary N) is 1. The van der Waals surface area contributed by atoms with Gasteiger partial charge in [0.2, 0.25) is 0 Å². The summed E-state index contributed by atoms with van der Waals surface area (Å²) >= 11 is 6.03. The summed E-state index contributed by atoms with van der Waals surface area (Å²) in [5.41, 5.74) is 3.09. The molecular weight excluding hydrogens is 302 g/mol. The molecule has 0 spiro atoms. The maximum atomic E-state index is 11.6. The Morgan fingerprint density at radius 3 is 2.68 bits per heavy atom. The Morgan fingerprint density at radius 1 is 1.05 bits per heavy atom. The molecule has 0 radical (unpaired) electrons. The second kappa shape index (κ2) is 5.07. The molecule has 0 aliphatic carbocycles. The van der Waals surface area contributed by atoms with Gasteiger partial charge in [0.25, 0.3) is 0 Å². The topological polar surface area (TPSA) is 51.3 Å². The molecule has 0 unspecified atom stereocenters. The van der Waals surface area contributed by atoms with Crippen LogP contribution in [0.2, 0.25) is 5.02 Å². The number of fused-ring (bicyclic) bond motifs is 2. The molecule has 5 heteroatoms. The maximum absolute atomic E-state index is 11.6. The molecule has 2 heterocycles. The summed E-state index contributed by atoms with van der Waals surface area (Å²) in [6.45, 7) is 1.08. The third-order valence-electron chi connectivity index (χ3n) is 3.75. The Labute approximate surface area is 131 Å². The average Bonchev–Trinajstić information content (AvgIpc) is 2.92. The van der Waals surface area contributed by atoms with E-state index in [1.807, 2.05) is 24.3 Å². The van der Waals surface area contributed by atoms with Crippen LogP contribution in [0.15, 0.2) is 36.4 Å². The highest BCUT2D eigenvalue weighted by atomic mass is 35.5. The molecule has 0 fully saturated rings. The van der Waals surface area contributed by atoms with Crippen molar-refractivity contribution < 1.29 is 14.3 Å². The fourth-order valence-corrected chi connectivity index (χ4v) is 2.91. The summed E-state index contributed by atoms with van der Waals surface area (Å²) in [7, 11) is 0. The van der Waals surface area contributed by atoms with Crippen molar-refractivity contribution in [3.8, 4) is 22.8 Å². The van der Waals surface area contributed by atoms with E-state index >= 15 is 0 Å². The number of hydrogen-bond acceptors (Lipinski definition) is 3. The fraction of sp³-hybridized carbons (Fsp3) is 0.118. The van der Waals surface area contributed by atoms with Crippen LogP contribution in [-0.4, -0.2) is 24.5 Å². The van der Waals surface area contributed by atoms with E-state index < -0.39 is 0 Å². The van der Waals surface area contributed by atoms with Gasteiger partial charge >= 0.3 is 0 Å². The van der Waals surface area contributed by atoms with Crippen molar-refractivity contribution >= 4 is 28.8 Å². The molecule has 1 aromatic heterocycles. The number of benzene rings is 2. The Hall–Kier alpha value is -2.46. The lowest BCUT2D eigenvalue weighted by Crippen LogP contribution is -2.15. The van der Waals surface area contributed by atoms with Crippen LogP contribution in [0.25, 0.3) is 22.2 Å². The summed E-state index contributed by atoms with van der Waals surface area (Å²) in [6.07, 6.45) is 0.849. The first-order valence-corrected chi connectivity index (χ1v) is 7.30. The number of halogens is 1. The number of hydrogen-bond donors (Lipinski definition) is 1. The molecule has 1 N–H and O–H groups in total. The van der Waals surface area contributed by atoms with Gasteiger partial charge in [-0.25, -0.2) is 0 Å². The van der Waals surface area contributed by atoms with Gasteiger partial charge in [-0.05, 0) is 36.4 Å². The van der Waals surface area contributed by atoms with Crippen LogP contribution in [0, 0.1) is 0 Å². The molecule has 1 aliphatic heterocycles. The van der Waals surface area contributed by atoms with Gasteiger partial charge < -0.3 is 14.5 Å². The summed E-state index contributed by atoms with van der Waals surface area (Å²) < 4.78 is 11.1. The SMILES string of the molecule is O=Cc1c(-c2ccc3c(c2)OCCO3)[nH]c2ccc(Cl)cc12. The highest BCUT2D eigenvalue weighted by molar-refractivity contribution is 6.31. The van der Waals surface area contributed by atoms with Gasteiger partial charge in [0.1, 0.15) is 13.2 Å². The molecule has 22 heavy (non-hydrogen) atoms. The van der Waals surface area contributed by atoms with E-state index in [9.17, 15) is 4.79 Å². The summed E-state index contributed by atoms with van der Waals surface area (Å²) in [6, 6.07) is 11.1. The molecule has 0 amide bonds. The van der Waals surface area contributed by atoms with E-state index in [4.69, 9.17) is 21.1 Å². The first kappa shape index (κ1) is 13.2. The van der Waals surface area contributed by atoms with Gasteiger partial charge in [-0.3, -0.25) is 4.79 Å². The van der Waals surface area contributed by atoms with E-state index in [2.05, 4.69) is 4.98 Å². The number of carbonyl (C=O) groups is 1. The minimum Gasteiger partial charge on any atom is -0.486 e. The van der Waals surface area contributed by atoms with Crippen LogP contribution < -0.4 is 9.47 Å². The number of aldehydes is 1. The van der Waals surface area contributed by atoms with Gasteiger partial charge in [0, 0.05) is 27.1 Å². The minimum absolute atomic E-state index is 0.527. The molecule has 2 aromatic carbocycles. The van der Waals surface area contributed by atoms with Crippen molar-refractivity contribution in [3.63, 3.8) is 0 Å². The summed E-state index contributed by atoms with van der Waals surface area (Å²) in [4.78, 5) is 14.8. The van der Waals surface area contributed by atoms with Crippen molar-refractivity contribution in [2.45, 2.75) is 0 Å². The normalized spacial score (nSPS) is 13.3. The zero-order valence-electron chi connectivity index (χ0n) is 11.6. The maximum Gasteiger partial charge on any atom is 0.162 e. The van der Waals surface area contributed by atoms with Gasteiger partial charge in [0.15, 0.2) is 17.8 Å². The molecule has 0 saturated carbocycles. The molecule has 3 aromatic rings. The Balaban J connectivity index is 1.92. The largest absolute Gasteiger partial charge is 0.486 e. The van der Waals surface area contributed by atoms with E-state index in [1.54, 1.807) is 12.1 Å². The number of aromatic nitrogens is 1.